The summed E-state index contributed by atoms with van der Waals surface area (Å²) in [6.45, 7) is 4.32. The van der Waals surface area contributed by atoms with Crippen LogP contribution in [-0.4, -0.2) is 35.5 Å². The van der Waals surface area contributed by atoms with E-state index in [1.807, 2.05) is 49.5 Å². The van der Waals surface area contributed by atoms with Crippen molar-refractivity contribution < 1.29 is 19.4 Å². The monoisotopic (exact) mass is 369 g/mol. The van der Waals surface area contributed by atoms with Gasteiger partial charge in [-0.3, -0.25) is 4.79 Å². The zero-order valence-electron chi connectivity index (χ0n) is 16.1. The van der Waals surface area contributed by atoms with Crippen molar-refractivity contribution in [3.63, 3.8) is 0 Å². The van der Waals surface area contributed by atoms with Crippen LogP contribution in [0.15, 0.2) is 54.6 Å². The van der Waals surface area contributed by atoms with Crippen molar-refractivity contribution in [2.45, 2.75) is 32.7 Å². The van der Waals surface area contributed by atoms with E-state index in [0.29, 0.717) is 12.3 Å². The molecule has 2 atom stereocenters. The van der Waals surface area contributed by atoms with Crippen molar-refractivity contribution in [3.05, 3.63) is 65.7 Å². The Kier molecular flexibility index (Phi) is 7.41. The molecule has 2 unspecified atom stereocenters. The Morgan fingerprint density at radius 1 is 1.07 bits per heavy atom. The molecule has 0 aliphatic heterocycles. The minimum atomic E-state index is -1.01. The van der Waals surface area contributed by atoms with Crippen LogP contribution in [0.25, 0.3) is 0 Å². The molecule has 0 fully saturated rings. The van der Waals surface area contributed by atoms with Gasteiger partial charge in [-0.2, -0.15) is 0 Å². The normalized spacial score (nSPS) is 12.9. The number of benzene rings is 2. The molecule has 2 rings (SSSR count). The Morgan fingerprint density at radius 2 is 1.70 bits per heavy atom. The second-order valence-electron chi connectivity index (χ2n) is 6.79. The highest BCUT2D eigenvalue weighted by atomic mass is 16.5. The number of amides is 1. The van der Waals surface area contributed by atoms with Gasteiger partial charge in [0.1, 0.15) is 5.75 Å². The van der Waals surface area contributed by atoms with Crippen LogP contribution in [0.3, 0.4) is 0 Å². The maximum absolute atomic E-state index is 13.1. The molecule has 0 heterocycles. The number of carboxylic acids is 1. The topological polar surface area (TPSA) is 66.8 Å². The van der Waals surface area contributed by atoms with Crippen LogP contribution in [0.1, 0.15) is 37.3 Å². The summed E-state index contributed by atoms with van der Waals surface area (Å²) in [4.78, 5) is 25.4. The van der Waals surface area contributed by atoms with E-state index in [4.69, 9.17) is 9.84 Å². The molecule has 0 radical (unpaired) electrons. The third-order valence-electron chi connectivity index (χ3n) is 4.72. The first-order chi connectivity index (χ1) is 12.9. The molecule has 2 aromatic rings. The maximum atomic E-state index is 13.1. The van der Waals surface area contributed by atoms with Crippen molar-refractivity contribution in [2.75, 3.05) is 13.7 Å². The molecule has 0 aromatic heterocycles. The Labute approximate surface area is 160 Å². The number of nitrogens with zero attached hydrogens (tertiary/aromatic N) is 1. The van der Waals surface area contributed by atoms with Crippen LogP contribution in [0.5, 0.6) is 5.75 Å². The second kappa shape index (κ2) is 9.76. The molecule has 1 N–H and O–H groups in total. The van der Waals surface area contributed by atoms with Crippen molar-refractivity contribution in [1.29, 1.82) is 0 Å². The second-order valence-corrected chi connectivity index (χ2v) is 6.79. The summed E-state index contributed by atoms with van der Waals surface area (Å²) in [5, 5.41) is 8.65. The van der Waals surface area contributed by atoms with Gasteiger partial charge in [-0.05, 0) is 29.2 Å². The minimum absolute atomic E-state index is 0.0988. The molecule has 2 aromatic carbocycles. The third-order valence-corrected chi connectivity index (χ3v) is 4.72. The Hall–Kier alpha value is -2.82. The van der Waals surface area contributed by atoms with E-state index in [0.717, 1.165) is 17.5 Å². The summed E-state index contributed by atoms with van der Waals surface area (Å²) in [6, 6.07) is 17.1. The summed E-state index contributed by atoms with van der Waals surface area (Å²) in [7, 11) is 1.81. The highest BCUT2D eigenvalue weighted by Gasteiger charge is 2.28. The van der Waals surface area contributed by atoms with E-state index in [1.165, 1.54) is 0 Å². The number of carbonyl (C=O) groups is 2. The molecule has 0 saturated carbocycles. The molecule has 5 heteroatoms. The molecule has 0 bridgehead atoms. The first kappa shape index (κ1) is 20.5. The van der Waals surface area contributed by atoms with Crippen molar-refractivity contribution in [2.24, 2.45) is 5.92 Å². The van der Waals surface area contributed by atoms with Crippen LogP contribution in [0.4, 0.5) is 0 Å². The van der Waals surface area contributed by atoms with Gasteiger partial charge in [0.2, 0.25) is 5.91 Å². The van der Waals surface area contributed by atoms with Gasteiger partial charge in [0.05, 0.1) is 5.92 Å². The van der Waals surface area contributed by atoms with Gasteiger partial charge in [-0.25, -0.2) is 4.79 Å². The number of carboxylic acid groups (broad SMARTS) is 1. The predicted octanol–water partition coefficient (Wildman–Crippen LogP) is 3.94. The first-order valence-electron chi connectivity index (χ1n) is 9.15. The number of aliphatic carboxylic acids is 1. The fourth-order valence-electron chi connectivity index (χ4n) is 3.04. The number of ether oxygens (including phenoxy) is 1. The van der Waals surface area contributed by atoms with E-state index in [1.54, 1.807) is 17.0 Å². The van der Waals surface area contributed by atoms with Gasteiger partial charge < -0.3 is 14.7 Å². The summed E-state index contributed by atoms with van der Waals surface area (Å²) in [6.07, 6.45) is 0.925. The van der Waals surface area contributed by atoms with Crippen molar-refractivity contribution in [1.82, 2.24) is 4.90 Å². The molecule has 5 nitrogen and oxygen atoms in total. The third kappa shape index (κ3) is 5.84. The Morgan fingerprint density at radius 3 is 2.26 bits per heavy atom. The fraction of sp³-hybridized carbons (Fsp3) is 0.364. The lowest BCUT2D eigenvalue weighted by molar-refractivity contribution is -0.139. The summed E-state index contributed by atoms with van der Waals surface area (Å²) in [5.74, 6) is -0.339. The van der Waals surface area contributed by atoms with Crippen LogP contribution in [0, 0.1) is 5.92 Å². The van der Waals surface area contributed by atoms with Crippen LogP contribution in [-0.2, 0) is 16.1 Å². The first-order valence-corrected chi connectivity index (χ1v) is 9.15. The molecule has 0 spiro atoms. The Balaban J connectivity index is 2.07. The average molecular weight is 369 g/mol. The number of rotatable bonds is 9. The van der Waals surface area contributed by atoms with Gasteiger partial charge in [0, 0.05) is 13.6 Å². The molecular weight excluding hydrogens is 342 g/mol. The lowest BCUT2D eigenvalue weighted by Gasteiger charge is -2.28. The largest absolute Gasteiger partial charge is 0.482 e. The zero-order chi connectivity index (χ0) is 19.8. The van der Waals surface area contributed by atoms with Gasteiger partial charge in [0.25, 0.3) is 0 Å². The molecular formula is C22H27NO4. The summed E-state index contributed by atoms with van der Waals surface area (Å²) >= 11 is 0. The van der Waals surface area contributed by atoms with E-state index < -0.39 is 5.97 Å². The SMILES string of the molecule is CCC(C)C(C(=O)N(C)Cc1ccc(OCC(=O)O)cc1)c1ccccc1. The number of hydrogen-bond donors (Lipinski definition) is 1. The standard InChI is InChI=1S/C22H27NO4/c1-4-16(2)21(18-8-6-5-7-9-18)22(26)23(3)14-17-10-12-19(13-11-17)27-15-20(24)25/h5-13,16,21H,4,14-15H2,1-3H3,(H,24,25). The van der Waals surface area contributed by atoms with Crippen molar-refractivity contribution >= 4 is 11.9 Å². The van der Waals surface area contributed by atoms with Gasteiger partial charge in [-0.1, -0.05) is 62.7 Å². The van der Waals surface area contributed by atoms with E-state index in [2.05, 4.69) is 13.8 Å². The summed E-state index contributed by atoms with van der Waals surface area (Å²) in [5.41, 5.74) is 2.01. The molecule has 1 amide bonds. The van der Waals surface area contributed by atoms with E-state index >= 15 is 0 Å². The lowest BCUT2D eigenvalue weighted by atomic mass is 9.84. The zero-order valence-corrected chi connectivity index (χ0v) is 16.1. The molecule has 0 aliphatic carbocycles. The van der Waals surface area contributed by atoms with E-state index in [9.17, 15) is 9.59 Å². The molecule has 144 valence electrons. The predicted molar refractivity (Wildman–Crippen MR) is 105 cm³/mol. The smallest absolute Gasteiger partial charge is 0.341 e. The van der Waals surface area contributed by atoms with Gasteiger partial charge in [0.15, 0.2) is 6.61 Å². The molecule has 27 heavy (non-hydrogen) atoms. The lowest BCUT2D eigenvalue weighted by Crippen LogP contribution is -2.34. The van der Waals surface area contributed by atoms with Crippen LogP contribution < -0.4 is 4.74 Å². The number of carbonyl (C=O) groups excluding carboxylic acids is 1. The Bertz CT molecular complexity index is 743. The summed E-state index contributed by atoms with van der Waals surface area (Å²) < 4.78 is 5.14. The molecule has 0 aliphatic rings. The minimum Gasteiger partial charge on any atom is -0.482 e. The quantitative estimate of drug-likeness (QED) is 0.727. The van der Waals surface area contributed by atoms with Crippen LogP contribution >= 0.6 is 0 Å². The van der Waals surface area contributed by atoms with Gasteiger partial charge in [-0.15, -0.1) is 0 Å². The maximum Gasteiger partial charge on any atom is 0.341 e. The number of likely N-dealkylation sites (N-methyl/N-ethyl adjacent to an activating group) is 1. The van der Waals surface area contributed by atoms with E-state index in [-0.39, 0.29) is 24.3 Å². The fourth-order valence-corrected chi connectivity index (χ4v) is 3.04. The van der Waals surface area contributed by atoms with Crippen molar-refractivity contribution in [3.8, 4) is 5.75 Å². The average Bonchev–Trinajstić information content (AvgIpc) is 2.68. The highest BCUT2D eigenvalue weighted by molar-refractivity contribution is 5.83. The molecule has 0 saturated heterocycles. The van der Waals surface area contributed by atoms with Crippen LogP contribution in [0.2, 0.25) is 0 Å². The van der Waals surface area contributed by atoms with Gasteiger partial charge >= 0.3 is 5.97 Å². The number of hydrogen-bond acceptors (Lipinski definition) is 3. The highest BCUT2D eigenvalue weighted by Crippen LogP contribution is 2.29.